The van der Waals surface area contributed by atoms with Crippen LogP contribution in [0.25, 0.3) is 0 Å². The molecule has 0 aliphatic heterocycles. The number of benzene rings is 1. The van der Waals surface area contributed by atoms with Crippen molar-refractivity contribution in [3.05, 3.63) is 59.7 Å². The van der Waals surface area contributed by atoms with Crippen LogP contribution >= 0.6 is 0 Å². The topological polar surface area (TPSA) is 51.4 Å². The molecule has 0 radical (unpaired) electrons. The minimum atomic E-state index is -0.217. The van der Waals surface area contributed by atoms with Gasteiger partial charge in [-0.1, -0.05) is 12.1 Å². The zero-order valence-electron chi connectivity index (χ0n) is 13.0. The minimum absolute atomic E-state index is 0.126. The van der Waals surface area contributed by atoms with Crippen molar-refractivity contribution < 1.29 is 9.13 Å². The second-order valence-electron chi connectivity index (χ2n) is 5.60. The van der Waals surface area contributed by atoms with Gasteiger partial charge in [-0.2, -0.15) is 0 Å². The third kappa shape index (κ3) is 5.42. The molecule has 0 saturated heterocycles. The number of likely N-dealkylation sites (N-methyl/N-ethyl adjacent to an activating group) is 1. The highest BCUT2D eigenvalue weighted by Gasteiger charge is 2.09. The Labute approximate surface area is 130 Å². The maximum atomic E-state index is 13.2. The van der Waals surface area contributed by atoms with E-state index < -0.39 is 0 Å². The minimum Gasteiger partial charge on any atom is -0.490 e. The molecule has 1 heterocycles. The van der Waals surface area contributed by atoms with Gasteiger partial charge < -0.3 is 15.4 Å². The summed E-state index contributed by atoms with van der Waals surface area (Å²) in [5.74, 6) is 0.508. The van der Waals surface area contributed by atoms with Gasteiger partial charge in [-0.25, -0.2) is 4.39 Å². The molecule has 0 saturated carbocycles. The van der Waals surface area contributed by atoms with Gasteiger partial charge in [0, 0.05) is 19.3 Å². The van der Waals surface area contributed by atoms with Crippen LogP contribution in [-0.2, 0) is 6.54 Å². The van der Waals surface area contributed by atoms with E-state index in [1.807, 2.05) is 26.1 Å². The van der Waals surface area contributed by atoms with Crippen LogP contribution < -0.4 is 10.5 Å². The average molecular weight is 303 g/mol. The quantitative estimate of drug-likeness (QED) is 0.853. The summed E-state index contributed by atoms with van der Waals surface area (Å²) in [6, 6.07) is 8.40. The molecular weight excluding hydrogens is 281 g/mol. The first kappa shape index (κ1) is 16.4. The molecule has 2 rings (SSSR count). The fourth-order valence-electron chi connectivity index (χ4n) is 2.27. The molecule has 22 heavy (non-hydrogen) atoms. The van der Waals surface area contributed by atoms with E-state index in [9.17, 15) is 4.39 Å². The Hall–Kier alpha value is -1.98. The summed E-state index contributed by atoms with van der Waals surface area (Å²) >= 11 is 0. The van der Waals surface area contributed by atoms with Gasteiger partial charge in [-0.15, -0.1) is 0 Å². The normalized spacial score (nSPS) is 12.4. The number of aryl methyl sites for hydroxylation is 1. The van der Waals surface area contributed by atoms with Crippen LogP contribution in [0, 0.1) is 12.7 Å². The van der Waals surface area contributed by atoms with Gasteiger partial charge in [0.05, 0.1) is 12.2 Å². The molecule has 1 unspecified atom stereocenters. The lowest BCUT2D eigenvalue weighted by molar-refractivity contribution is 0.232. The molecular formula is C17H22FN3O. The van der Waals surface area contributed by atoms with E-state index in [0.29, 0.717) is 19.7 Å². The molecule has 0 fully saturated rings. The predicted octanol–water partition coefficient (Wildman–Crippen LogP) is 2.37. The molecule has 0 spiro atoms. The second-order valence-corrected chi connectivity index (χ2v) is 5.60. The lowest BCUT2D eigenvalue weighted by Gasteiger charge is -2.21. The van der Waals surface area contributed by atoms with Crippen LogP contribution in [0.15, 0.2) is 42.7 Å². The molecule has 0 bridgehead atoms. The molecule has 2 N–H and O–H groups in total. The molecule has 0 aliphatic rings. The summed E-state index contributed by atoms with van der Waals surface area (Å²) in [6.45, 7) is 3.69. The fourth-order valence-corrected chi connectivity index (χ4v) is 2.27. The zero-order valence-corrected chi connectivity index (χ0v) is 13.0. The van der Waals surface area contributed by atoms with Crippen molar-refractivity contribution in [3.63, 3.8) is 0 Å². The molecule has 5 heteroatoms. The maximum Gasteiger partial charge on any atom is 0.137 e. The first-order valence-corrected chi connectivity index (χ1v) is 7.26. The SMILES string of the molecule is Cc1cncc(OCC(N)CN(C)Cc2cccc(F)c2)c1. The Morgan fingerprint density at radius 3 is 2.86 bits per heavy atom. The molecule has 118 valence electrons. The maximum absolute atomic E-state index is 13.2. The Balaban J connectivity index is 1.77. The number of hydrogen-bond donors (Lipinski definition) is 1. The van der Waals surface area contributed by atoms with Crippen LogP contribution in [0.4, 0.5) is 4.39 Å². The largest absolute Gasteiger partial charge is 0.490 e. The molecule has 1 aromatic heterocycles. The van der Waals surface area contributed by atoms with Crippen molar-refractivity contribution in [2.24, 2.45) is 5.73 Å². The first-order valence-electron chi connectivity index (χ1n) is 7.26. The Morgan fingerprint density at radius 2 is 2.14 bits per heavy atom. The first-order chi connectivity index (χ1) is 10.5. The summed E-state index contributed by atoms with van der Waals surface area (Å²) in [5.41, 5.74) is 8.06. The Bertz CT molecular complexity index is 606. The van der Waals surface area contributed by atoms with E-state index >= 15 is 0 Å². The van der Waals surface area contributed by atoms with Gasteiger partial charge in [0.1, 0.15) is 18.2 Å². The van der Waals surface area contributed by atoms with Gasteiger partial charge in [0.2, 0.25) is 0 Å². The number of halogens is 1. The second kappa shape index (κ2) is 7.87. The third-order valence-electron chi connectivity index (χ3n) is 3.20. The molecule has 0 amide bonds. The van der Waals surface area contributed by atoms with Crippen LogP contribution in [-0.4, -0.2) is 36.1 Å². The summed E-state index contributed by atoms with van der Waals surface area (Å²) in [6.07, 6.45) is 3.45. The highest BCUT2D eigenvalue weighted by atomic mass is 19.1. The number of rotatable bonds is 7. The number of pyridine rings is 1. The van der Waals surface area contributed by atoms with E-state index in [1.54, 1.807) is 18.5 Å². The van der Waals surface area contributed by atoms with Crippen molar-refractivity contribution in [2.75, 3.05) is 20.2 Å². The van der Waals surface area contributed by atoms with E-state index in [4.69, 9.17) is 10.5 Å². The predicted molar refractivity (Wildman–Crippen MR) is 85.2 cm³/mol. The number of ether oxygens (including phenoxy) is 1. The number of nitrogens with zero attached hydrogens (tertiary/aromatic N) is 2. The number of aromatic nitrogens is 1. The standard InChI is InChI=1S/C17H22FN3O/c1-13-6-17(9-20-8-13)22-12-16(19)11-21(2)10-14-4-3-5-15(18)7-14/h3-9,16H,10-12,19H2,1-2H3. The van der Waals surface area contributed by atoms with E-state index in [0.717, 1.165) is 16.9 Å². The van der Waals surface area contributed by atoms with Crippen molar-refractivity contribution >= 4 is 0 Å². The zero-order chi connectivity index (χ0) is 15.9. The van der Waals surface area contributed by atoms with Gasteiger partial charge in [0.15, 0.2) is 0 Å². The van der Waals surface area contributed by atoms with E-state index in [2.05, 4.69) is 9.88 Å². The summed E-state index contributed by atoms with van der Waals surface area (Å²) in [5, 5.41) is 0. The summed E-state index contributed by atoms with van der Waals surface area (Å²) in [4.78, 5) is 6.13. The molecule has 2 aromatic rings. The third-order valence-corrected chi connectivity index (χ3v) is 3.20. The average Bonchev–Trinajstić information content (AvgIpc) is 2.45. The van der Waals surface area contributed by atoms with Gasteiger partial charge in [-0.05, 0) is 43.3 Å². The van der Waals surface area contributed by atoms with Crippen molar-refractivity contribution in [1.29, 1.82) is 0 Å². The van der Waals surface area contributed by atoms with E-state index in [1.165, 1.54) is 12.1 Å². The Kier molecular flexibility index (Phi) is 5.86. The molecule has 0 aliphatic carbocycles. The fraction of sp³-hybridized carbons (Fsp3) is 0.353. The van der Waals surface area contributed by atoms with Crippen LogP contribution in [0.1, 0.15) is 11.1 Å². The van der Waals surface area contributed by atoms with Crippen LogP contribution in [0.2, 0.25) is 0 Å². The monoisotopic (exact) mass is 303 g/mol. The van der Waals surface area contributed by atoms with Crippen molar-refractivity contribution in [2.45, 2.75) is 19.5 Å². The highest BCUT2D eigenvalue weighted by Crippen LogP contribution is 2.10. The van der Waals surface area contributed by atoms with Gasteiger partial charge >= 0.3 is 0 Å². The Morgan fingerprint density at radius 1 is 1.32 bits per heavy atom. The van der Waals surface area contributed by atoms with Crippen molar-refractivity contribution in [1.82, 2.24) is 9.88 Å². The van der Waals surface area contributed by atoms with Crippen LogP contribution in [0.5, 0.6) is 5.75 Å². The van der Waals surface area contributed by atoms with Gasteiger partial charge in [-0.3, -0.25) is 4.98 Å². The lowest BCUT2D eigenvalue weighted by Crippen LogP contribution is -2.39. The number of nitrogens with two attached hydrogens (primary N) is 1. The van der Waals surface area contributed by atoms with Crippen LogP contribution in [0.3, 0.4) is 0 Å². The molecule has 4 nitrogen and oxygen atoms in total. The van der Waals surface area contributed by atoms with Crippen molar-refractivity contribution in [3.8, 4) is 5.75 Å². The molecule has 1 aromatic carbocycles. The smallest absolute Gasteiger partial charge is 0.137 e. The lowest BCUT2D eigenvalue weighted by atomic mass is 10.2. The summed E-state index contributed by atoms with van der Waals surface area (Å²) < 4.78 is 18.8. The highest BCUT2D eigenvalue weighted by molar-refractivity contribution is 5.22. The van der Waals surface area contributed by atoms with Gasteiger partial charge in [0.25, 0.3) is 0 Å². The van der Waals surface area contributed by atoms with E-state index in [-0.39, 0.29) is 11.9 Å². The molecule has 1 atom stereocenters. The number of hydrogen-bond acceptors (Lipinski definition) is 4. The summed E-state index contributed by atoms with van der Waals surface area (Å²) in [7, 11) is 1.96.